The minimum atomic E-state index is -1.04. The van der Waals surface area contributed by atoms with Crippen LogP contribution >= 0.6 is 0 Å². The van der Waals surface area contributed by atoms with Crippen molar-refractivity contribution in [3.8, 4) is 17.5 Å². The molecule has 7 nitrogen and oxygen atoms in total. The predicted molar refractivity (Wildman–Crippen MR) is 121 cm³/mol. The number of nitrogens with one attached hydrogen (secondary N) is 1. The number of para-hydroxylation sites is 1. The van der Waals surface area contributed by atoms with Crippen molar-refractivity contribution in [2.45, 2.75) is 19.9 Å². The van der Waals surface area contributed by atoms with Gasteiger partial charge in [0, 0.05) is 23.5 Å². The smallest absolute Gasteiger partial charge is 0.337 e. The van der Waals surface area contributed by atoms with Crippen LogP contribution in [0.15, 0.2) is 70.0 Å². The van der Waals surface area contributed by atoms with Crippen molar-refractivity contribution in [1.29, 1.82) is 5.26 Å². The molecule has 2 aromatic carbocycles. The minimum absolute atomic E-state index is 0.149. The number of carbonyl (C=O) groups is 1. The molecule has 0 amide bonds. The molecule has 7 heteroatoms. The summed E-state index contributed by atoms with van der Waals surface area (Å²) in [5.74, 6) is -0.783. The first-order valence-electron chi connectivity index (χ1n) is 9.91. The second kappa shape index (κ2) is 8.36. The lowest BCUT2D eigenvalue weighted by Gasteiger charge is -2.19. The summed E-state index contributed by atoms with van der Waals surface area (Å²) in [4.78, 5) is 28.7. The van der Waals surface area contributed by atoms with Gasteiger partial charge in [-0.2, -0.15) is 5.26 Å². The molecule has 4 rings (SSSR count). The molecular formula is C25H19N3O4. The molecule has 0 aliphatic heterocycles. The number of aryl methyl sites for hydroxylation is 1. The summed E-state index contributed by atoms with van der Waals surface area (Å²) in [6.45, 7) is 3.75. The van der Waals surface area contributed by atoms with Crippen LogP contribution in [0.4, 0.5) is 5.69 Å². The molecule has 2 aromatic heterocycles. The van der Waals surface area contributed by atoms with E-state index in [9.17, 15) is 14.7 Å². The predicted octanol–water partition coefficient (Wildman–Crippen LogP) is 4.91. The lowest BCUT2D eigenvalue weighted by molar-refractivity contribution is 0.0698. The zero-order valence-electron chi connectivity index (χ0n) is 17.4. The Labute approximate surface area is 183 Å². The van der Waals surface area contributed by atoms with Crippen molar-refractivity contribution >= 4 is 22.6 Å². The summed E-state index contributed by atoms with van der Waals surface area (Å²) in [6.07, 6.45) is 1.49. The minimum Gasteiger partial charge on any atom is -0.478 e. The van der Waals surface area contributed by atoms with Crippen LogP contribution in [-0.4, -0.2) is 16.1 Å². The SMILES string of the molecule is Cc1cc(C(C)Nc2ccccc2C(=O)O)c2oc(-c3cc(C#N)ccn3)cc(=O)c2c1. The Bertz CT molecular complexity index is 1450. The van der Waals surface area contributed by atoms with Crippen LogP contribution in [-0.2, 0) is 0 Å². The van der Waals surface area contributed by atoms with Gasteiger partial charge >= 0.3 is 5.97 Å². The average molecular weight is 425 g/mol. The molecule has 32 heavy (non-hydrogen) atoms. The monoisotopic (exact) mass is 425 g/mol. The number of hydrogen-bond acceptors (Lipinski definition) is 6. The summed E-state index contributed by atoms with van der Waals surface area (Å²) in [6, 6.07) is 16.5. The molecule has 2 N–H and O–H groups in total. The lowest BCUT2D eigenvalue weighted by atomic mass is 10.0. The number of rotatable bonds is 5. The number of carboxylic acid groups (broad SMARTS) is 1. The van der Waals surface area contributed by atoms with Crippen molar-refractivity contribution in [2.24, 2.45) is 0 Å². The van der Waals surface area contributed by atoms with Gasteiger partial charge in [0.05, 0.1) is 28.6 Å². The average Bonchev–Trinajstić information content (AvgIpc) is 2.79. The molecule has 2 heterocycles. The first-order valence-corrected chi connectivity index (χ1v) is 9.91. The van der Waals surface area contributed by atoms with Crippen molar-refractivity contribution in [3.05, 3.63) is 93.3 Å². The van der Waals surface area contributed by atoms with Crippen molar-refractivity contribution in [1.82, 2.24) is 4.98 Å². The fourth-order valence-electron chi connectivity index (χ4n) is 3.62. The number of nitriles is 1. The molecule has 0 aliphatic carbocycles. The van der Waals surface area contributed by atoms with Crippen molar-refractivity contribution in [3.63, 3.8) is 0 Å². The van der Waals surface area contributed by atoms with E-state index < -0.39 is 5.97 Å². The summed E-state index contributed by atoms with van der Waals surface area (Å²) < 4.78 is 6.12. The molecule has 1 atom stereocenters. The zero-order chi connectivity index (χ0) is 22.8. The molecule has 0 aliphatic rings. The third-order valence-electron chi connectivity index (χ3n) is 5.14. The molecule has 0 saturated carbocycles. The second-order valence-electron chi connectivity index (χ2n) is 7.46. The maximum Gasteiger partial charge on any atom is 0.337 e. The van der Waals surface area contributed by atoms with Gasteiger partial charge < -0.3 is 14.8 Å². The number of aromatic nitrogens is 1. The van der Waals surface area contributed by atoms with Crippen LogP contribution < -0.4 is 10.7 Å². The van der Waals surface area contributed by atoms with Crippen LogP contribution in [0.2, 0.25) is 0 Å². The first-order chi connectivity index (χ1) is 15.4. The molecule has 4 aromatic rings. The van der Waals surface area contributed by atoms with E-state index in [4.69, 9.17) is 9.68 Å². The standard InChI is InChI=1S/C25H19N3O4/c1-14-9-18(15(2)28-20-6-4-3-5-17(20)25(30)31)24-19(10-14)22(29)12-23(32-24)21-11-16(13-26)7-8-27-21/h3-12,15,28H,1-2H3,(H,30,31). The van der Waals surface area contributed by atoms with E-state index in [1.807, 2.05) is 26.0 Å². The van der Waals surface area contributed by atoms with E-state index in [-0.39, 0.29) is 22.8 Å². The van der Waals surface area contributed by atoms with Crippen LogP contribution in [0.5, 0.6) is 0 Å². The van der Waals surface area contributed by atoms with Gasteiger partial charge in [-0.3, -0.25) is 9.78 Å². The first kappa shape index (κ1) is 20.8. The van der Waals surface area contributed by atoms with Crippen LogP contribution in [0, 0.1) is 18.3 Å². The number of aromatic carboxylic acids is 1. The fraction of sp³-hybridized carbons (Fsp3) is 0.120. The van der Waals surface area contributed by atoms with Crippen LogP contribution in [0.1, 0.15) is 40.0 Å². The van der Waals surface area contributed by atoms with Gasteiger partial charge in [-0.25, -0.2) is 4.79 Å². The Hall–Kier alpha value is -4.44. The fourth-order valence-corrected chi connectivity index (χ4v) is 3.62. The molecule has 0 saturated heterocycles. The van der Waals surface area contributed by atoms with E-state index in [2.05, 4.69) is 10.3 Å². The highest BCUT2D eigenvalue weighted by molar-refractivity contribution is 5.94. The van der Waals surface area contributed by atoms with Crippen molar-refractivity contribution in [2.75, 3.05) is 5.32 Å². The van der Waals surface area contributed by atoms with Gasteiger partial charge in [0.1, 0.15) is 11.3 Å². The highest BCUT2D eigenvalue weighted by Crippen LogP contribution is 2.31. The lowest BCUT2D eigenvalue weighted by Crippen LogP contribution is -2.12. The van der Waals surface area contributed by atoms with Gasteiger partial charge in [0.25, 0.3) is 0 Å². The van der Waals surface area contributed by atoms with Crippen LogP contribution in [0.3, 0.4) is 0 Å². The quantitative estimate of drug-likeness (QED) is 0.467. The van der Waals surface area contributed by atoms with E-state index in [1.54, 1.807) is 36.4 Å². The third kappa shape index (κ3) is 3.94. The summed E-state index contributed by atoms with van der Waals surface area (Å²) in [7, 11) is 0. The Morgan fingerprint density at radius 3 is 2.72 bits per heavy atom. The third-order valence-corrected chi connectivity index (χ3v) is 5.14. The van der Waals surface area contributed by atoms with Gasteiger partial charge in [-0.15, -0.1) is 0 Å². The summed E-state index contributed by atoms with van der Waals surface area (Å²) >= 11 is 0. The molecule has 0 radical (unpaired) electrons. The Balaban J connectivity index is 1.86. The number of carboxylic acids is 1. The van der Waals surface area contributed by atoms with E-state index in [1.165, 1.54) is 18.3 Å². The molecule has 158 valence electrons. The highest BCUT2D eigenvalue weighted by atomic mass is 16.4. The van der Waals surface area contributed by atoms with Gasteiger partial charge in [0.2, 0.25) is 0 Å². The molecular weight excluding hydrogens is 406 g/mol. The number of pyridine rings is 1. The van der Waals surface area contributed by atoms with Crippen molar-refractivity contribution < 1.29 is 14.3 Å². The Kier molecular flexibility index (Phi) is 5.44. The normalized spacial score (nSPS) is 11.7. The molecule has 0 bridgehead atoms. The van der Waals surface area contributed by atoms with E-state index >= 15 is 0 Å². The number of anilines is 1. The number of hydrogen-bond donors (Lipinski definition) is 2. The summed E-state index contributed by atoms with van der Waals surface area (Å²) in [5.41, 5.74) is 3.13. The largest absolute Gasteiger partial charge is 0.478 e. The number of benzene rings is 2. The van der Waals surface area contributed by atoms with Gasteiger partial charge in [0.15, 0.2) is 11.2 Å². The van der Waals surface area contributed by atoms with Crippen LogP contribution in [0.25, 0.3) is 22.4 Å². The Morgan fingerprint density at radius 2 is 1.97 bits per heavy atom. The second-order valence-corrected chi connectivity index (χ2v) is 7.46. The Morgan fingerprint density at radius 1 is 1.19 bits per heavy atom. The topological polar surface area (TPSA) is 116 Å². The highest BCUT2D eigenvalue weighted by Gasteiger charge is 2.18. The maximum absolute atomic E-state index is 12.9. The van der Waals surface area contributed by atoms with Gasteiger partial charge in [-0.1, -0.05) is 18.2 Å². The van der Waals surface area contributed by atoms with Gasteiger partial charge in [-0.05, 0) is 49.7 Å². The van der Waals surface area contributed by atoms with E-state index in [0.29, 0.717) is 33.5 Å². The number of nitrogens with zero attached hydrogens (tertiary/aromatic N) is 2. The molecule has 0 spiro atoms. The molecule has 0 fully saturated rings. The van der Waals surface area contributed by atoms with E-state index in [0.717, 1.165) is 5.56 Å². The summed E-state index contributed by atoms with van der Waals surface area (Å²) in [5, 5.41) is 22.3. The number of fused-ring (bicyclic) bond motifs is 1. The zero-order valence-corrected chi connectivity index (χ0v) is 17.4. The molecule has 1 unspecified atom stereocenters. The maximum atomic E-state index is 12.9.